The number of amides is 1. The van der Waals surface area contributed by atoms with Crippen LogP contribution in [-0.4, -0.2) is 58.3 Å². The minimum Gasteiger partial charge on any atom is -0.507 e. The van der Waals surface area contributed by atoms with Crippen LogP contribution in [0.15, 0.2) is 64.8 Å². The Labute approximate surface area is 194 Å². The smallest absolute Gasteiger partial charge is 0.355 e. The van der Waals surface area contributed by atoms with Crippen LogP contribution in [0.1, 0.15) is 11.1 Å². The molecule has 2 aromatic rings. The van der Waals surface area contributed by atoms with Crippen molar-refractivity contribution in [3.05, 3.63) is 70.9 Å². The number of ether oxygens (including phenoxy) is 2. The quantitative estimate of drug-likeness (QED) is 0.288. The maximum Gasteiger partial charge on any atom is 0.355 e. The van der Waals surface area contributed by atoms with Gasteiger partial charge in [-0.15, -0.1) is 23.4 Å². The van der Waals surface area contributed by atoms with Gasteiger partial charge in [0.25, 0.3) is 5.91 Å². The number of esters is 1. The Morgan fingerprint density at radius 2 is 2.03 bits per heavy atom. The van der Waals surface area contributed by atoms with Gasteiger partial charge in [-0.1, -0.05) is 24.3 Å². The molecule has 32 heavy (non-hydrogen) atoms. The van der Waals surface area contributed by atoms with Gasteiger partial charge in [-0.3, -0.25) is 14.7 Å². The van der Waals surface area contributed by atoms with Crippen molar-refractivity contribution in [3.8, 4) is 11.5 Å². The summed E-state index contributed by atoms with van der Waals surface area (Å²) in [6.45, 7) is 0.0661. The minimum atomic E-state index is -0.638. The molecule has 1 saturated heterocycles. The summed E-state index contributed by atoms with van der Waals surface area (Å²) < 4.78 is 10.6. The molecule has 2 aromatic carbocycles. The van der Waals surface area contributed by atoms with E-state index in [1.54, 1.807) is 55.6 Å². The first-order valence-corrected chi connectivity index (χ1v) is 11.5. The van der Waals surface area contributed by atoms with Crippen molar-refractivity contribution in [1.29, 1.82) is 0 Å². The van der Waals surface area contributed by atoms with Gasteiger partial charge in [-0.05, 0) is 35.4 Å². The van der Waals surface area contributed by atoms with Crippen molar-refractivity contribution in [2.24, 2.45) is 4.99 Å². The summed E-state index contributed by atoms with van der Waals surface area (Å²) in [6, 6.07) is 13.3. The number of phenolic OH excluding ortho intramolecular Hbond substituents is 1. The molecule has 2 unspecified atom stereocenters. The second-order valence-corrected chi connectivity index (χ2v) is 8.57. The van der Waals surface area contributed by atoms with Gasteiger partial charge >= 0.3 is 5.97 Å². The summed E-state index contributed by atoms with van der Waals surface area (Å²) in [7, 11) is 1.58. The lowest BCUT2D eigenvalue weighted by Crippen LogP contribution is -2.64. The van der Waals surface area contributed by atoms with Crippen molar-refractivity contribution >= 4 is 41.5 Å². The van der Waals surface area contributed by atoms with E-state index in [9.17, 15) is 14.7 Å². The Hall–Kier alpha value is -2.97. The number of hydrogen-bond acceptors (Lipinski definition) is 7. The fourth-order valence-electron chi connectivity index (χ4n) is 3.45. The molecule has 2 aliphatic heterocycles. The predicted molar refractivity (Wildman–Crippen MR) is 123 cm³/mol. The molecule has 7 nitrogen and oxygen atoms in total. The van der Waals surface area contributed by atoms with Gasteiger partial charge in [-0.2, -0.15) is 0 Å². The van der Waals surface area contributed by atoms with Gasteiger partial charge in [0.2, 0.25) is 0 Å². The van der Waals surface area contributed by atoms with E-state index in [1.165, 1.54) is 22.9 Å². The average molecular weight is 473 g/mol. The summed E-state index contributed by atoms with van der Waals surface area (Å²) in [4.78, 5) is 31.5. The number of methoxy groups -OCH3 is 1. The number of carbonyl (C=O) groups is 2. The van der Waals surface area contributed by atoms with Crippen LogP contribution in [-0.2, 0) is 20.9 Å². The Kier molecular flexibility index (Phi) is 6.72. The third-order valence-corrected chi connectivity index (χ3v) is 6.86. The number of alkyl halides is 1. The van der Waals surface area contributed by atoms with Gasteiger partial charge in [0.15, 0.2) is 6.04 Å². The third kappa shape index (κ3) is 4.33. The average Bonchev–Trinajstić information content (AvgIpc) is 2.83. The van der Waals surface area contributed by atoms with Gasteiger partial charge in [0.1, 0.15) is 29.2 Å². The van der Waals surface area contributed by atoms with Crippen LogP contribution in [0.4, 0.5) is 0 Å². The van der Waals surface area contributed by atoms with Gasteiger partial charge in [0, 0.05) is 23.4 Å². The van der Waals surface area contributed by atoms with Gasteiger partial charge < -0.3 is 14.6 Å². The molecule has 1 fully saturated rings. The van der Waals surface area contributed by atoms with Crippen molar-refractivity contribution in [2.75, 3.05) is 18.7 Å². The van der Waals surface area contributed by atoms with E-state index >= 15 is 0 Å². The fraction of sp³-hybridized carbons (Fsp3) is 0.261. The van der Waals surface area contributed by atoms with Gasteiger partial charge in [0.05, 0.1) is 7.11 Å². The molecule has 2 atom stereocenters. The molecular formula is C23H21ClN2O5S. The van der Waals surface area contributed by atoms with Crippen LogP contribution in [0.3, 0.4) is 0 Å². The first-order valence-electron chi connectivity index (χ1n) is 9.87. The molecule has 1 amide bonds. The van der Waals surface area contributed by atoms with E-state index in [-0.39, 0.29) is 35.2 Å². The lowest BCUT2D eigenvalue weighted by atomic mass is 10.0. The zero-order valence-corrected chi connectivity index (χ0v) is 18.8. The Morgan fingerprint density at radius 1 is 1.28 bits per heavy atom. The molecular weight excluding hydrogens is 452 g/mol. The van der Waals surface area contributed by atoms with Gasteiger partial charge in [-0.25, -0.2) is 4.79 Å². The zero-order valence-electron chi connectivity index (χ0n) is 17.2. The molecule has 0 radical (unpaired) electrons. The number of aliphatic imine (C=N–C) groups is 1. The number of hydrogen-bond donors (Lipinski definition) is 1. The summed E-state index contributed by atoms with van der Waals surface area (Å²) in [5.41, 5.74) is 2.19. The minimum absolute atomic E-state index is 0.0661. The van der Waals surface area contributed by atoms with E-state index in [2.05, 4.69) is 4.99 Å². The van der Waals surface area contributed by atoms with E-state index in [4.69, 9.17) is 21.1 Å². The first-order chi connectivity index (χ1) is 15.5. The number of carbonyl (C=O) groups excluding carboxylic acids is 2. The van der Waals surface area contributed by atoms with E-state index < -0.39 is 12.0 Å². The van der Waals surface area contributed by atoms with Crippen LogP contribution in [0.2, 0.25) is 0 Å². The summed E-state index contributed by atoms with van der Waals surface area (Å²) in [5.74, 6) is 0.547. The van der Waals surface area contributed by atoms with Crippen molar-refractivity contribution in [3.63, 3.8) is 0 Å². The van der Waals surface area contributed by atoms with Crippen LogP contribution in [0, 0.1) is 0 Å². The highest BCUT2D eigenvalue weighted by Gasteiger charge is 2.53. The van der Waals surface area contributed by atoms with Crippen LogP contribution in [0.5, 0.6) is 11.5 Å². The Morgan fingerprint density at radius 3 is 2.72 bits per heavy atom. The monoisotopic (exact) mass is 472 g/mol. The van der Waals surface area contributed by atoms with Crippen molar-refractivity contribution in [1.82, 2.24) is 4.90 Å². The molecule has 0 saturated carbocycles. The summed E-state index contributed by atoms with van der Waals surface area (Å²) in [5, 5.41) is 9.57. The van der Waals surface area contributed by atoms with Crippen LogP contribution in [0.25, 0.3) is 0 Å². The summed E-state index contributed by atoms with van der Waals surface area (Å²) >= 11 is 7.56. The lowest BCUT2D eigenvalue weighted by molar-refractivity contribution is -0.151. The Balaban J connectivity index is 1.47. The van der Waals surface area contributed by atoms with Crippen molar-refractivity contribution in [2.45, 2.75) is 18.0 Å². The number of phenols is 1. The number of para-hydroxylation sites is 1. The topological polar surface area (TPSA) is 88.4 Å². The van der Waals surface area contributed by atoms with Crippen molar-refractivity contribution < 1.29 is 24.2 Å². The SMILES string of the molecule is COc1ccc(COC(=O)C2=C(CCl)CSC3C(/N=C\c4ccccc4O)C(=O)N23)cc1. The van der Waals surface area contributed by atoms with Crippen LogP contribution < -0.4 is 4.74 Å². The third-order valence-electron chi connectivity index (χ3n) is 5.21. The highest BCUT2D eigenvalue weighted by molar-refractivity contribution is 8.00. The normalized spacial score (nSPS) is 20.2. The number of aromatic hydroxyl groups is 1. The predicted octanol–water partition coefficient (Wildman–Crippen LogP) is 3.34. The number of benzene rings is 2. The largest absolute Gasteiger partial charge is 0.507 e. The standard InChI is InChI=1S/C23H21ClN2O5S/c1-30-17-8-6-14(7-9-17)12-31-23(29)20-16(10-24)13-32-22-19(21(28)26(20)22)25-11-15-4-2-3-5-18(15)27/h2-9,11,19,22,27H,10,12-13H2,1H3/b25-11-. The molecule has 166 valence electrons. The molecule has 4 rings (SSSR count). The summed E-state index contributed by atoms with van der Waals surface area (Å²) in [6.07, 6.45) is 1.48. The molecule has 0 bridgehead atoms. The first kappa shape index (κ1) is 22.2. The number of thioether (sulfide) groups is 1. The zero-order chi connectivity index (χ0) is 22.7. The molecule has 2 heterocycles. The maximum absolute atomic E-state index is 12.9. The number of β-lactam (4-membered cyclic amide) rings is 1. The number of fused-ring (bicyclic) bond motifs is 1. The molecule has 0 aliphatic carbocycles. The lowest BCUT2D eigenvalue weighted by Gasteiger charge is -2.48. The molecule has 0 spiro atoms. The van der Waals surface area contributed by atoms with Crippen LogP contribution >= 0.6 is 23.4 Å². The number of halogens is 1. The number of rotatable bonds is 7. The van der Waals surface area contributed by atoms with E-state index in [0.29, 0.717) is 22.6 Å². The van der Waals surface area contributed by atoms with E-state index in [0.717, 1.165) is 5.56 Å². The fourth-order valence-corrected chi connectivity index (χ4v) is 5.13. The maximum atomic E-state index is 12.9. The second kappa shape index (κ2) is 9.67. The number of nitrogens with zero attached hydrogens (tertiary/aromatic N) is 2. The molecule has 9 heteroatoms. The second-order valence-electron chi connectivity index (χ2n) is 7.20. The molecule has 0 aromatic heterocycles. The highest BCUT2D eigenvalue weighted by Crippen LogP contribution is 2.42. The van der Waals surface area contributed by atoms with E-state index in [1.807, 2.05) is 0 Å². The molecule has 1 N–H and O–H groups in total. The molecule has 2 aliphatic rings. The highest BCUT2D eigenvalue weighted by atomic mass is 35.5. The Bertz CT molecular complexity index is 1090.